The van der Waals surface area contributed by atoms with Crippen molar-refractivity contribution in [2.24, 2.45) is 11.8 Å². The molecule has 60 valence electrons. The molecule has 2 heteroatoms. The highest BCUT2D eigenvalue weighted by Crippen LogP contribution is 2.33. The minimum atomic E-state index is -0.151. The Kier molecular flexibility index (Phi) is 2.69. The Hall–Kier alpha value is -0.0800. The second-order valence-electron chi connectivity index (χ2n) is 3.24. The molecule has 1 aliphatic rings. The van der Waals surface area contributed by atoms with Crippen molar-refractivity contribution in [2.75, 3.05) is 6.61 Å². The molecule has 1 rings (SSSR count). The fraction of sp³-hybridized carbons (Fsp3) is 1.00. The Bertz CT molecular complexity index is 91.4. The third-order valence-corrected chi connectivity index (χ3v) is 2.58. The Morgan fingerprint density at radius 3 is 2.30 bits per heavy atom. The number of hydrogen-bond donors (Lipinski definition) is 2. The quantitative estimate of drug-likeness (QED) is 0.601. The average molecular weight is 144 g/mol. The Balaban J connectivity index is 2.41. The van der Waals surface area contributed by atoms with Gasteiger partial charge in [0, 0.05) is 6.61 Å². The minimum Gasteiger partial charge on any atom is -0.396 e. The molecule has 0 saturated heterocycles. The lowest BCUT2D eigenvalue weighted by molar-refractivity contribution is 0.162. The lowest BCUT2D eigenvalue weighted by Gasteiger charge is -2.13. The van der Waals surface area contributed by atoms with Gasteiger partial charge in [0.05, 0.1) is 6.10 Å². The molecule has 0 radical (unpaired) electrons. The molecule has 0 spiro atoms. The van der Waals surface area contributed by atoms with Crippen molar-refractivity contribution in [2.45, 2.75) is 32.3 Å². The molecule has 2 N–H and O–H groups in total. The van der Waals surface area contributed by atoms with Crippen molar-refractivity contribution in [3.8, 4) is 0 Å². The van der Waals surface area contributed by atoms with Crippen LogP contribution >= 0.6 is 0 Å². The van der Waals surface area contributed by atoms with E-state index >= 15 is 0 Å². The molecule has 10 heavy (non-hydrogen) atoms. The van der Waals surface area contributed by atoms with Gasteiger partial charge in [-0.1, -0.05) is 13.3 Å². The molecule has 3 atom stereocenters. The van der Waals surface area contributed by atoms with Gasteiger partial charge in [0.1, 0.15) is 0 Å². The van der Waals surface area contributed by atoms with E-state index in [0.29, 0.717) is 11.8 Å². The first-order valence-electron chi connectivity index (χ1n) is 4.06. The normalized spacial score (nSPS) is 40.5. The summed E-state index contributed by atoms with van der Waals surface area (Å²) in [5.74, 6) is 0.917. The zero-order valence-electron chi connectivity index (χ0n) is 6.45. The van der Waals surface area contributed by atoms with Crippen molar-refractivity contribution >= 4 is 0 Å². The van der Waals surface area contributed by atoms with E-state index in [4.69, 9.17) is 5.11 Å². The van der Waals surface area contributed by atoms with Crippen LogP contribution in [-0.4, -0.2) is 22.9 Å². The predicted molar refractivity (Wildman–Crippen MR) is 39.6 cm³/mol. The molecule has 0 bridgehead atoms. The SMILES string of the molecule is CCC1C[C@H](O)CC1CO. The van der Waals surface area contributed by atoms with Gasteiger partial charge in [0.25, 0.3) is 0 Å². The molecule has 0 heterocycles. The van der Waals surface area contributed by atoms with Gasteiger partial charge < -0.3 is 10.2 Å². The summed E-state index contributed by atoms with van der Waals surface area (Å²) in [6.45, 7) is 2.36. The maximum absolute atomic E-state index is 9.22. The first kappa shape index (κ1) is 8.02. The maximum atomic E-state index is 9.22. The second kappa shape index (κ2) is 3.35. The van der Waals surface area contributed by atoms with Crippen LogP contribution in [0.15, 0.2) is 0 Å². The highest BCUT2D eigenvalue weighted by molar-refractivity contribution is 4.81. The van der Waals surface area contributed by atoms with Crippen LogP contribution in [0.5, 0.6) is 0 Å². The van der Waals surface area contributed by atoms with Crippen LogP contribution in [0.25, 0.3) is 0 Å². The van der Waals surface area contributed by atoms with Crippen LogP contribution in [0, 0.1) is 11.8 Å². The summed E-state index contributed by atoms with van der Waals surface area (Å²) >= 11 is 0. The fourth-order valence-electron chi connectivity index (χ4n) is 1.90. The van der Waals surface area contributed by atoms with Crippen LogP contribution in [0.1, 0.15) is 26.2 Å². The molecule has 0 amide bonds. The van der Waals surface area contributed by atoms with Crippen LogP contribution in [0.3, 0.4) is 0 Å². The van der Waals surface area contributed by atoms with Gasteiger partial charge in [0.15, 0.2) is 0 Å². The molecular formula is C8H16O2. The summed E-state index contributed by atoms with van der Waals surface area (Å²) in [5.41, 5.74) is 0. The predicted octanol–water partition coefficient (Wildman–Crippen LogP) is 0.776. The summed E-state index contributed by atoms with van der Waals surface area (Å²) < 4.78 is 0. The largest absolute Gasteiger partial charge is 0.396 e. The van der Waals surface area contributed by atoms with E-state index in [2.05, 4.69) is 6.92 Å². The average Bonchev–Trinajstić information content (AvgIpc) is 2.30. The molecule has 0 aliphatic heterocycles. The highest BCUT2D eigenvalue weighted by atomic mass is 16.3. The van der Waals surface area contributed by atoms with E-state index in [1.165, 1.54) is 0 Å². The Labute approximate surface area is 61.9 Å². The molecule has 1 fully saturated rings. The van der Waals surface area contributed by atoms with Crippen LogP contribution in [-0.2, 0) is 0 Å². The van der Waals surface area contributed by atoms with Crippen molar-refractivity contribution in [1.29, 1.82) is 0 Å². The van der Waals surface area contributed by atoms with Crippen molar-refractivity contribution in [3.05, 3.63) is 0 Å². The van der Waals surface area contributed by atoms with Gasteiger partial charge in [-0.25, -0.2) is 0 Å². The summed E-state index contributed by atoms with van der Waals surface area (Å²) in [5, 5.41) is 18.1. The topological polar surface area (TPSA) is 40.5 Å². The Morgan fingerprint density at radius 2 is 1.90 bits per heavy atom. The molecule has 0 aromatic carbocycles. The first-order valence-corrected chi connectivity index (χ1v) is 4.06. The van der Waals surface area contributed by atoms with Crippen molar-refractivity contribution in [3.63, 3.8) is 0 Å². The molecule has 1 saturated carbocycles. The van der Waals surface area contributed by atoms with E-state index in [1.807, 2.05) is 0 Å². The van der Waals surface area contributed by atoms with Crippen molar-refractivity contribution < 1.29 is 10.2 Å². The zero-order chi connectivity index (χ0) is 7.56. The van der Waals surface area contributed by atoms with Gasteiger partial charge in [-0.3, -0.25) is 0 Å². The van der Waals surface area contributed by atoms with Crippen LogP contribution < -0.4 is 0 Å². The fourth-order valence-corrected chi connectivity index (χ4v) is 1.90. The number of aliphatic hydroxyl groups excluding tert-OH is 2. The standard InChI is InChI=1S/C8H16O2/c1-2-6-3-8(10)4-7(6)5-9/h6-10H,2-5H2,1H3/t6?,7?,8-/m0/s1. The van der Waals surface area contributed by atoms with E-state index in [1.54, 1.807) is 0 Å². The molecule has 2 unspecified atom stereocenters. The molecule has 1 aliphatic carbocycles. The Morgan fingerprint density at radius 1 is 1.30 bits per heavy atom. The molecule has 2 nitrogen and oxygen atoms in total. The van der Waals surface area contributed by atoms with Gasteiger partial charge in [-0.15, -0.1) is 0 Å². The zero-order valence-corrected chi connectivity index (χ0v) is 6.45. The number of aliphatic hydroxyl groups is 2. The van der Waals surface area contributed by atoms with Gasteiger partial charge in [-0.05, 0) is 24.7 Å². The maximum Gasteiger partial charge on any atom is 0.0546 e. The van der Waals surface area contributed by atoms with E-state index in [0.717, 1.165) is 19.3 Å². The summed E-state index contributed by atoms with van der Waals surface area (Å²) in [6.07, 6.45) is 2.63. The third kappa shape index (κ3) is 1.50. The highest BCUT2D eigenvalue weighted by Gasteiger charge is 2.30. The smallest absolute Gasteiger partial charge is 0.0546 e. The summed E-state index contributed by atoms with van der Waals surface area (Å²) in [7, 11) is 0. The number of hydrogen-bond acceptors (Lipinski definition) is 2. The van der Waals surface area contributed by atoms with E-state index in [9.17, 15) is 5.11 Å². The molecule has 0 aromatic heterocycles. The number of rotatable bonds is 2. The molecule has 0 aromatic rings. The lowest BCUT2D eigenvalue weighted by Crippen LogP contribution is -2.10. The second-order valence-corrected chi connectivity index (χ2v) is 3.24. The lowest BCUT2D eigenvalue weighted by atomic mass is 9.95. The molecular weight excluding hydrogens is 128 g/mol. The first-order chi connectivity index (χ1) is 4.77. The summed E-state index contributed by atoms with van der Waals surface area (Å²) in [4.78, 5) is 0. The van der Waals surface area contributed by atoms with E-state index in [-0.39, 0.29) is 12.7 Å². The van der Waals surface area contributed by atoms with Crippen LogP contribution in [0.2, 0.25) is 0 Å². The van der Waals surface area contributed by atoms with Crippen molar-refractivity contribution in [1.82, 2.24) is 0 Å². The van der Waals surface area contributed by atoms with Gasteiger partial charge in [0.2, 0.25) is 0 Å². The third-order valence-electron chi connectivity index (χ3n) is 2.58. The summed E-state index contributed by atoms with van der Waals surface area (Å²) in [6, 6.07) is 0. The van der Waals surface area contributed by atoms with E-state index < -0.39 is 0 Å². The monoisotopic (exact) mass is 144 g/mol. The van der Waals surface area contributed by atoms with Crippen LogP contribution in [0.4, 0.5) is 0 Å². The van der Waals surface area contributed by atoms with Gasteiger partial charge in [-0.2, -0.15) is 0 Å². The van der Waals surface area contributed by atoms with Gasteiger partial charge >= 0.3 is 0 Å². The minimum absolute atomic E-state index is 0.151.